The zero-order valence-electron chi connectivity index (χ0n) is 9.37. The molecule has 0 unspecified atom stereocenters. The van der Waals surface area contributed by atoms with Crippen LogP contribution in [0, 0.1) is 5.82 Å². The lowest BCUT2D eigenvalue weighted by atomic mass is 10.0. The number of oxime groups is 1. The number of phenolic OH excluding ortho intramolecular Hbond substituents is 1. The summed E-state index contributed by atoms with van der Waals surface area (Å²) in [5.41, 5.74) is 0.719. The Labute approximate surface area is 105 Å². The first-order valence-corrected chi connectivity index (χ1v) is 5.98. The summed E-state index contributed by atoms with van der Waals surface area (Å²) in [6.45, 7) is 0. The van der Waals surface area contributed by atoms with Crippen molar-refractivity contribution in [1.29, 1.82) is 0 Å². The number of aromatic hydroxyl groups is 1. The van der Waals surface area contributed by atoms with Crippen LogP contribution in [-0.4, -0.2) is 21.9 Å². The molecule has 0 atom stereocenters. The van der Waals surface area contributed by atoms with E-state index < -0.39 is 5.82 Å². The van der Waals surface area contributed by atoms with Gasteiger partial charge in [-0.3, -0.25) is 0 Å². The first-order chi connectivity index (χ1) is 8.19. The van der Waals surface area contributed by atoms with Gasteiger partial charge in [0.2, 0.25) is 0 Å². The second kappa shape index (κ2) is 7.12. The Hall–Kier alpha value is -1.29. The van der Waals surface area contributed by atoms with Gasteiger partial charge < -0.3 is 10.3 Å². The molecule has 1 aromatic rings. The van der Waals surface area contributed by atoms with Crippen LogP contribution < -0.4 is 0 Å². The van der Waals surface area contributed by atoms with Crippen LogP contribution in [0.1, 0.15) is 31.2 Å². The third-order valence-electron chi connectivity index (χ3n) is 2.44. The monoisotopic (exact) mass is 259 g/mol. The lowest BCUT2D eigenvalue weighted by Gasteiger charge is -2.06. The smallest absolute Gasteiger partial charge is 0.127 e. The summed E-state index contributed by atoms with van der Waals surface area (Å²) < 4.78 is 12.8. The van der Waals surface area contributed by atoms with Crippen LogP contribution in [0.5, 0.6) is 5.75 Å². The van der Waals surface area contributed by atoms with Gasteiger partial charge in [-0.05, 0) is 31.4 Å². The molecule has 0 radical (unpaired) electrons. The predicted octanol–water partition coefficient (Wildman–Crippen LogP) is 3.51. The molecule has 94 valence electrons. The second-order valence-electron chi connectivity index (χ2n) is 3.71. The number of nitrogens with zero attached hydrogens (tertiary/aromatic N) is 1. The largest absolute Gasteiger partial charge is 0.507 e. The fraction of sp³-hybridized carbons (Fsp3) is 0.417. The second-order valence-corrected chi connectivity index (χ2v) is 4.09. The predicted molar refractivity (Wildman–Crippen MR) is 65.6 cm³/mol. The summed E-state index contributed by atoms with van der Waals surface area (Å²) in [4.78, 5) is 0. The fourth-order valence-corrected chi connectivity index (χ4v) is 1.74. The maximum absolute atomic E-state index is 12.8. The third-order valence-corrected chi connectivity index (χ3v) is 2.71. The number of phenols is 1. The quantitative estimate of drug-likeness (QED) is 0.270. The first kappa shape index (κ1) is 13.8. The molecule has 1 aromatic carbocycles. The number of benzene rings is 1. The van der Waals surface area contributed by atoms with Gasteiger partial charge in [-0.15, -0.1) is 11.6 Å². The normalized spacial score (nSPS) is 11.8. The summed E-state index contributed by atoms with van der Waals surface area (Å²) in [5.74, 6) is -0.131. The third kappa shape index (κ3) is 4.23. The molecule has 0 aromatic heterocycles. The van der Waals surface area contributed by atoms with Crippen molar-refractivity contribution in [2.75, 3.05) is 5.88 Å². The molecule has 0 amide bonds. The van der Waals surface area contributed by atoms with Crippen molar-refractivity contribution in [2.45, 2.75) is 25.7 Å². The van der Waals surface area contributed by atoms with Crippen molar-refractivity contribution in [2.24, 2.45) is 5.16 Å². The fourth-order valence-electron chi connectivity index (χ4n) is 1.55. The summed E-state index contributed by atoms with van der Waals surface area (Å²) in [6.07, 6.45) is 3.15. The number of unbranched alkanes of at least 4 members (excludes halogenated alkanes) is 2. The van der Waals surface area contributed by atoms with Crippen molar-refractivity contribution in [3.8, 4) is 5.75 Å². The minimum absolute atomic E-state index is 0.213. The standard InChI is InChI=1S/C12H15ClFNO2/c13-7-3-1-2-4-11(15-17)10-6-5-9(14)8-12(10)16/h5-6,8,16-17H,1-4,7H2. The maximum Gasteiger partial charge on any atom is 0.127 e. The van der Waals surface area contributed by atoms with E-state index in [1.54, 1.807) is 0 Å². The van der Waals surface area contributed by atoms with Gasteiger partial charge in [-0.25, -0.2) is 4.39 Å². The highest BCUT2D eigenvalue weighted by molar-refractivity contribution is 6.17. The van der Waals surface area contributed by atoms with E-state index in [0.717, 1.165) is 25.3 Å². The Morgan fingerprint density at radius 3 is 2.65 bits per heavy atom. The van der Waals surface area contributed by atoms with Gasteiger partial charge in [0.05, 0.1) is 5.71 Å². The van der Waals surface area contributed by atoms with Crippen molar-refractivity contribution in [3.05, 3.63) is 29.6 Å². The van der Waals surface area contributed by atoms with E-state index in [-0.39, 0.29) is 5.75 Å². The molecule has 0 aliphatic rings. The zero-order chi connectivity index (χ0) is 12.7. The summed E-state index contributed by atoms with van der Waals surface area (Å²) in [7, 11) is 0. The molecule has 0 spiro atoms. The van der Waals surface area contributed by atoms with E-state index in [4.69, 9.17) is 16.8 Å². The van der Waals surface area contributed by atoms with Crippen LogP contribution >= 0.6 is 11.6 Å². The topological polar surface area (TPSA) is 52.8 Å². The summed E-state index contributed by atoms with van der Waals surface area (Å²) >= 11 is 5.55. The van der Waals surface area contributed by atoms with Crippen molar-refractivity contribution < 1.29 is 14.7 Å². The lowest BCUT2D eigenvalue weighted by Crippen LogP contribution is -2.02. The Kier molecular flexibility index (Phi) is 5.77. The van der Waals surface area contributed by atoms with E-state index in [2.05, 4.69) is 5.16 Å². The highest BCUT2D eigenvalue weighted by atomic mass is 35.5. The number of hydrogen-bond donors (Lipinski definition) is 2. The molecule has 0 saturated carbocycles. The highest BCUT2D eigenvalue weighted by Gasteiger charge is 2.10. The van der Waals surface area contributed by atoms with E-state index in [9.17, 15) is 9.50 Å². The SMILES string of the molecule is ON=C(CCCCCCl)c1ccc(F)cc1O. The molecule has 0 saturated heterocycles. The van der Waals surface area contributed by atoms with E-state index in [1.807, 2.05) is 0 Å². The van der Waals surface area contributed by atoms with Crippen LogP contribution in [0.3, 0.4) is 0 Å². The zero-order valence-corrected chi connectivity index (χ0v) is 10.1. The Morgan fingerprint density at radius 1 is 1.29 bits per heavy atom. The maximum atomic E-state index is 12.8. The molecule has 5 heteroatoms. The van der Waals surface area contributed by atoms with E-state index >= 15 is 0 Å². The minimum Gasteiger partial charge on any atom is -0.507 e. The van der Waals surface area contributed by atoms with Crippen molar-refractivity contribution in [3.63, 3.8) is 0 Å². The number of halogens is 2. The molecule has 2 N–H and O–H groups in total. The first-order valence-electron chi connectivity index (χ1n) is 5.45. The van der Waals surface area contributed by atoms with E-state index in [1.165, 1.54) is 12.1 Å². The molecule has 17 heavy (non-hydrogen) atoms. The number of rotatable bonds is 6. The molecule has 0 fully saturated rings. The van der Waals surface area contributed by atoms with Crippen molar-refractivity contribution >= 4 is 17.3 Å². The van der Waals surface area contributed by atoms with Gasteiger partial charge in [0.15, 0.2) is 0 Å². The van der Waals surface area contributed by atoms with Crippen LogP contribution in [0.2, 0.25) is 0 Å². The summed E-state index contributed by atoms with van der Waals surface area (Å²) in [5, 5.41) is 21.6. The van der Waals surface area contributed by atoms with Gasteiger partial charge in [0, 0.05) is 17.5 Å². The molecule has 0 bridgehead atoms. The molecule has 0 aliphatic heterocycles. The van der Waals surface area contributed by atoms with Crippen LogP contribution in [-0.2, 0) is 0 Å². The van der Waals surface area contributed by atoms with Crippen LogP contribution in [0.15, 0.2) is 23.4 Å². The average molecular weight is 260 g/mol. The van der Waals surface area contributed by atoms with Crippen molar-refractivity contribution in [1.82, 2.24) is 0 Å². The van der Waals surface area contributed by atoms with Gasteiger partial charge in [-0.2, -0.15) is 0 Å². The Morgan fingerprint density at radius 2 is 2.06 bits per heavy atom. The summed E-state index contributed by atoms with van der Waals surface area (Å²) in [6, 6.07) is 3.62. The molecular weight excluding hydrogens is 245 g/mol. The molecule has 0 heterocycles. The lowest BCUT2D eigenvalue weighted by molar-refractivity contribution is 0.317. The van der Waals surface area contributed by atoms with Gasteiger partial charge in [0.1, 0.15) is 11.6 Å². The van der Waals surface area contributed by atoms with Gasteiger partial charge in [-0.1, -0.05) is 11.6 Å². The molecule has 1 rings (SSSR count). The molecule has 0 aliphatic carbocycles. The number of alkyl halides is 1. The minimum atomic E-state index is -0.523. The Balaban J connectivity index is 2.67. The molecule has 3 nitrogen and oxygen atoms in total. The number of hydrogen-bond acceptors (Lipinski definition) is 3. The molecular formula is C12H15ClFNO2. The highest BCUT2D eigenvalue weighted by Crippen LogP contribution is 2.21. The Bertz CT molecular complexity index is 396. The average Bonchev–Trinajstić information content (AvgIpc) is 2.31. The van der Waals surface area contributed by atoms with Gasteiger partial charge >= 0.3 is 0 Å². The van der Waals surface area contributed by atoms with Crippen LogP contribution in [0.4, 0.5) is 4.39 Å². The van der Waals surface area contributed by atoms with Gasteiger partial charge in [0.25, 0.3) is 0 Å². The van der Waals surface area contributed by atoms with E-state index in [0.29, 0.717) is 23.6 Å². The van der Waals surface area contributed by atoms with Crippen LogP contribution in [0.25, 0.3) is 0 Å².